The third-order valence-electron chi connectivity index (χ3n) is 6.60. The molecule has 1 aromatic heterocycles. The molecule has 0 saturated heterocycles. The molecule has 0 saturated carbocycles. The summed E-state index contributed by atoms with van der Waals surface area (Å²) in [6.45, 7) is 0.767. The highest BCUT2D eigenvalue weighted by atomic mass is 79.9. The van der Waals surface area contributed by atoms with Gasteiger partial charge in [0, 0.05) is 28.8 Å². The highest BCUT2D eigenvalue weighted by Crippen LogP contribution is 2.27. The third kappa shape index (κ3) is 6.75. The topological polar surface area (TPSA) is 77.4 Å². The van der Waals surface area contributed by atoms with Crippen molar-refractivity contribution in [2.75, 3.05) is 7.11 Å². The van der Waals surface area contributed by atoms with Gasteiger partial charge < -0.3 is 9.30 Å². The first-order valence-electron chi connectivity index (χ1n) is 12.7. The predicted octanol–water partition coefficient (Wildman–Crippen LogP) is 6.71. The fourth-order valence-corrected chi connectivity index (χ4v) is 6.28. The zero-order valence-corrected chi connectivity index (χ0v) is 24.5. The molecule has 4 aromatic carbocycles. The van der Waals surface area contributed by atoms with Gasteiger partial charge in [-0.25, -0.2) is 17.5 Å². The molecular formula is C32H26BrFN2O4S. The Bertz CT molecular complexity index is 1870. The summed E-state index contributed by atoms with van der Waals surface area (Å²) in [5, 5.41) is 1.09. The molecule has 208 valence electrons. The van der Waals surface area contributed by atoms with Crippen molar-refractivity contribution in [3.63, 3.8) is 0 Å². The van der Waals surface area contributed by atoms with Gasteiger partial charge >= 0.3 is 0 Å². The maximum absolute atomic E-state index is 14.2. The van der Waals surface area contributed by atoms with E-state index in [0.29, 0.717) is 16.5 Å². The fourth-order valence-electron chi connectivity index (χ4n) is 4.63. The molecule has 0 bridgehead atoms. The minimum Gasteiger partial charge on any atom is -0.495 e. The lowest BCUT2D eigenvalue weighted by Crippen LogP contribution is -2.29. The standard InChI is InChI=1S/C32H26BrFN2O4S/c1-40-30-13-10-27(33)20-31(30)41(38,39)35-32(37)14-9-25-19-28(34)11-8-24(25)17-23-7-12-29-26(18-23)15-16-36(29)21-22-5-3-2-4-6-22/h2-16,18-20H,17,21H2,1H3,(H,35,37)/b14-9+. The number of carbonyl (C=O) groups is 1. The number of fused-ring (bicyclic) bond motifs is 1. The summed E-state index contributed by atoms with van der Waals surface area (Å²) in [5.41, 5.74) is 4.60. The molecule has 0 fully saturated rings. The number of hydrogen-bond donors (Lipinski definition) is 1. The minimum absolute atomic E-state index is 0.0947. The average Bonchev–Trinajstić information content (AvgIpc) is 3.35. The molecular weight excluding hydrogens is 607 g/mol. The molecule has 0 atom stereocenters. The van der Waals surface area contributed by atoms with E-state index in [1.165, 1.54) is 43.0 Å². The molecule has 0 aliphatic carbocycles. The van der Waals surface area contributed by atoms with Crippen LogP contribution in [0.25, 0.3) is 17.0 Å². The van der Waals surface area contributed by atoms with Crippen molar-refractivity contribution in [2.45, 2.75) is 17.9 Å². The van der Waals surface area contributed by atoms with Gasteiger partial charge in [-0.1, -0.05) is 58.4 Å². The molecule has 1 amide bonds. The second kappa shape index (κ2) is 12.1. The van der Waals surface area contributed by atoms with Gasteiger partial charge in [-0.2, -0.15) is 0 Å². The van der Waals surface area contributed by atoms with Gasteiger partial charge in [0.2, 0.25) is 0 Å². The van der Waals surface area contributed by atoms with Crippen LogP contribution in [0.5, 0.6) is 5.75 Å². The van der Waals surface area contributed by atoms with Gasteiger partial charge in [0.1, 0.15) is 16.5 Å². The highest BCUT2D eigenvalue weighted by molar-refractivity contribution is 9.10. The second-order valence-electron chi connectivity index (χ2n) is 9.44. The van der Waals surface area contributed by atoms with E-state index >= 15 is 0 Å². The van der Waals surface area contributed by atoms with E-state index in [2.05, 4.69) is 57.0 Å². The van der Waals surface area contributed by atoms with Crippen LogP contribution in [0.3, 0.4) is 0 Å². The number of methoxy groups -OCH3 is 1. The van der Waals surface area contributed by atoms with Crippen molar-refractivity contribution < 1.29 is 22.3 Å². The lowest BCUT2D eigenvalue weighted by atomic mass is 9.98. The monoisotopic (exact) mass is 632 g/mol. The molecule has 6 nitrogen and oxygen atoms in total. The van der Waals surface area contributed by atoms with E-state index in [9.17, 15) is 17.6 Å². The first-order valence-corrected chi connectivity index (χ1v) is 15.0. The van der Waals surface area contributed by atoms with E-state index in [0.717, 1.165) is 34.7 Å². The lowest BCUT2D eigenvalue weighted by molar-refractivity contribution is -0.114. The summed E-state index contributed by atoms with van der Waals surface area (Å²) in [5.74, 6) is -1.24. The van der Waals surface area contributed by atoms with Gasteiger partial charge in [-0.3, -0.25) is 4.79 Å². The van der Waals surface area contributed by atoms with E-state index in [-0.39, 0.29) is 10.6 Å². The number of nitrogens with zero attached hydrogens (tertiary/aromatic N) is 1. The Hall–Kier alpha value is -4.21. The molecule has 5 aromatic rings. The maximum Gasteiger partial charge on any atom is 0.268 e. The summed E-state index contributed by atoms with van der Waals surface area (Å²) < 4.78 is 49.7. The molecule has 0 spiro atoms. The first-order chi connectivity index (χ1) is 19.7. The van der Waals surface area contributed by atoms with Gasteiger partial charge in [0.15, 0.2) is 0 Å². The number of carbonyl (C=O) groups excluding carboxylic acids is 1. The van der Waals surface area contributed by atoms with Crippen molar-refractivity contribution in [3.8, 4) is 5.75 Å². The van der Waals surface area contributed by atoms with Crippen LogP contribution in [0, 0.1) is 5.82 Å². The maximum atomic E-state index is 14.2. The molecule has 5 rings (SSSR count). The molecule has 1 heterocycles. The summed E-state index contributed by atoms with van der Waals surface area (Å²) in [6, 6.07) is 27.3. The average molecular weight is 634 g/mol. The van der Waals surface area contributed by atoms with Crippen molar-refractivity contribution in [1.29, 1.82) is 0 Å². The predicted molar refractivity (Wildman–Crippen MR) is 162 cm³/mol. The largest absolute Gasteiger partial charge is 0.495 e. The van der Waals surface area contributed by atoms with Crippen molar-refractivity contribution in [2.24, 2.45) is 0 Å². The van der Waals surface area contributed by atoms with E-state index in [4.69, 9.17) is 4.74 Å². The summed E-state index contributed by atoms with van der Waals surface area (Å²) in [4.78, 5) is 12.4. The summed E-state index contributed by atoms with van der Waals surface area (Å²) >= 11 is 3.23. The van der Waals surface area contributed by atoms with Gasteiger partial charge in [-0.05, 0) is 88.7 Å². The van der Waals surface area contributed by atoms with Crippen molar-refractivity contribution in [1.82, 2.24) is 9.29 Å². The quantitative estimate of drug-likeness (QED) is 0.183. The zero-order chi connectivity index (χ0) is 29.0. The van der Waals surface area contributed by atoms with Crippen LogP contribution in [0.1, 0.15) is 22.3 Å². The van der Waals surface area contributed by atoms with Crippen LogP contribution in [-0.4, -0.2) is 26.0 Å². The first kappa shape index (κ1) is 28.3. The molecule has 9 heteroatoms. The number of rotatable bonds is 9. The fraction of sp³-hybridized carbons (Fsp3) is 0.0938. The smallest absolute Gasteiger partial charge is 0.268 e. The normalized spacial score (nSPS) is 11.7. The van der Waals surface area contributed by atoms with Crippen LogP contribution < -0.4 is 9.46 Å². The second-order valence-corrected chi connectivity index (χ2v) is 12.0. The van der Waals surface area contributed by atoms with Crippen LogP contribution in [0.15, 0.2) is 113 Å². The Kier molecular flexibility index (Phi) is 8.37. The van der Waals surface area contributed by atoms with Gasteiger partial charge in [0.25, 0.3) is 15.9 Å². The molecule has 0 radical (unpaired) electrons. The van der Waals surface area contributed by atoms with E-state index in [1.54, 1.807) is 12.1 Å². The summed E-state index contributed by atoms with van der Waals surface area (Å²) in [6.07, 6.45) is 5.04. The van der Waals surface area contributed by atoms with Gasteiger partial charge in [0.05, 0.1) is 7.11 Å². The van der Waals surface area contributed by atoms with Crippen LogP contribution in [0.2, 0.25) is 0 Å². The Morgan fingerprint density at radius 3 is 2.56 bits per heavy atom. The van der Waals surface area contributed by atoms with E-state index < -0.39 is 21.7 Å². The minimum atomic E-state index is -4.22. The lowest BCUT2D eigenvalue weighted by Gasteiger charge is -2.10. The van der Waals surface area contributed by atoms with E-state index in [1.807, 2.05) is 29.0 Å². The van der Waals surface area contributed by atoms with Crippen LogP contribution >= 0.6 is 15.9 Å². The van der Waals surface area contributed by atoms with Gasteiger partial charge in [-0.15, -0.1) is 0 Å². The Balaban J connectivity index is 1.34. The van der Waals surface area contributed by atoms with Crippen molar-refractivity contribution >= 4 is 48.8 Å². The van der Waals surface area contributed by atoms with Crippen LogP contribution in [-0.2, 0) is 27.8 Å². The highest BCUT2D eigenvalue weighted by Gasteiger charge is 2.21. The number of benzene rings is 4. The SMILES string of the molecule is COc1ccc(Br)cc1S(=O)(=O)NC(=O)/C=C/c1cc(F)ccc1Cc1ccc2c(ccn2Cc2ccccc2)c1. The molecule has 0 aliphatic heterocycles. The Morgan fingerprint density at radius 2 is 1.78 bits per heavy atom. The molecule has 0 aliphatic rings. The number of nitrogens with one attached hydrogen (secondary N) is 1. The number of ether oxygens (including phenoxy) is 1. The molecule has 1 N–H and O–H groups in total. The molecule has 0 unspecified atom stereocenters. The Morgan fingerprint density at radius 1 is 0.976 bits per heavy atom. The summed E-state index contributed by atoms with van der Waals surface area (Å²) in [7, 11) is -2.88. The third-order valence-corrected chi connectivity index (χ3v) is 8.46. The number of aromatic nitrogens is 1. The zero-order valence-electron chi connectivity index (χ0n) is 22.1. The number of hydrogen-bond acceptors (Lipinski definition) is 4. The van der Waals surface area contributed by atoms with Crippen LogP contribution in [0.4, 0.5) is 4.39 Å². The Labute approximate surface area is 246 Å². The van der Waals surface area contributed by atoms with Crippen molar-refractivity contribution in [3.05, 3.63) is 136 Å². The molecule has 41 heavy (non-hydrogen) atoms. The number of amides is 1. The number of sulfonamides is 1. The number of halogens is 2.